The first-order valence-electron chi connectivity index (χ1n) is 13.6. The first-order valence-corrected chi connectivity index (χ1v) is 13.6. The molecule has 7 atom stereocenters. The van der Waals surface area contributed by atoms with Crippen LogP contribution in [0.1, 0.15) is 51.2 Å². The Balaban J connectivity index is 1.69. The van der Waals surface area contributed by atoms with Crippen LogP contribution >= 0.6 is 0 Å². The molecule has 0 saturated carbocycles. The van der Waals surface area contributed by atoms with Gasteiger partial charge in [-0.2, -0.15) is 0 Å². The number of halogens is 1. The van der Waals surface area contributed by atoms with Crippen LogP contribution in [0.3, 0.4) is 0 Å². The van der Waals surface area contributed by atoms with Crippen LogP contribution in [0.5, 0.6) is 0 Å². The second kappa shape index (κ2) is 13.4. The molecule has 1 unspecified atom stereocenters. The number of nitrogens with zero attached hydrogens (tertiary/aromatic N) is 3. The van der Waals surface area contributed by atoms with E-state index in [1.165, 1.54) is 0 Å². The fourth-order valence-corrected chi connectivity index (χ4v) is 5.76. The van der Waals surface area contributed by atoms with Gasteiger partial charge in [-0.3, -0.25) is 4.48 Å². The van der Waals surface area contributed by atoms with Gasteiger partial charge in [0.2, 0.25) is 0 Å². The molecule has 210 valence electrons. The maximum absolute atomic E-state index is 14.7. The number of alkyl halides is 1. The molecule has 8 nitrogen and oxygen atoms in total. The summed E-state index contributed by atoms with van der Waals surface area (Å²) in [6.07, 6.45) is 4.02. The molecule has 2 heterocycles. The van der Waals surface area contributed by atoms with E-state index in [1.54, 1.807) is 7.11 Å². The Morgan fingerprint density at radius 1 is 1.35 bits per heavy atom. The highest BCUT2D eigenvalue weighted by atomic mass is 19.1. The Morgan fingerprint density at radius 3 is 2.59 bits per heavy atom. The van der Waals surface area contributed by atoms with Gasteiger partial charge < -0.3 is 35.8 Å². The van der Waals surface area contributed by atoms with Crippen molar-refractivity contribution < 1.29 is 23.5 Å². The molecule has 5 N–H and O–H groups in total. The lowest BCUT2D eigenvalue weighted by atomic mass is 9.99. The summed E-state index contributed by atoms with van der Waals surface area (Å²) in [6.45, 7) is 6.76. The molecule has 3 rings (SSSR count). The molecule has 1 aromatic carbocycles. The number of likely N-dealkylation sites (N-methyl/N-ethyl adjacent to an activating group) is 1. The normalized spacial score (nSPS) is 28.4. The highest BCUT2D eigenvalue weighted by molar-refractivity contribution is 5.49. The second-order valence-electron chi connectivity index (χ2n) is 11.1. The van der Waals surface area contributed by atoms with Gasteiger partial charge in [-0.05, 0) is 51.4 Å². The number of anilines is 1. The predicted octanol–water partition coefficient (Wildman–Crippen LogP) is 2.72. The first kappa shape index (κ1) is 29.8. The number of rotatable bonds is 12. The van der Waals surface area contributed by atoms with Crippen molar-refractivity contribution in [2.75, 3.05) is 59.0 Å². The van der Waals surface area contributed by atoms with Crippen LogP contribution in [0.4, 0.5) is 10.1 Å². The van der Waals surface area contributed by atoms with Gasteiger partial charge in [0.15, 0.2) is 12.3 Å². The molecular weight excluding hydrogens is 473 g/mol. The number of aliphatic hydroxyl groups excluding tert-OH is 1. The van der Waals surface area contributed by atoms with E-state index < -0.39 is 25.1 Å². The van der Waals surface area contributed by atoms with Gasteiger partial charge in [-0.25, -0.2) is 4.39 Å². The number of nitrogens with two attached hydrogens (primary N) is 2. The minimum Gasteiger partial charge on any atom is -0.398 e. The quantitative estimate of drug-likeness (QED) is 0.363. The number of hydrogen-bond donors (Lipinski definition) is 3. The van der Waals surface area contributed by atoms with Crippen LogP contribution in [-0.4, -0.2) is 99.1 Å². The van der Waals surface area contributed by atoms with Gasteiger partial charge >= 0.3 is 0 Å². The number of benzene rings is 1. The fourth-order valence-electron chi connectivity index (χ4n) is 5.76. The van der Waals surface area contributed by atoms with Crippen molar-refractivity contribution in [3.8, 4) is 0 Å². The summed E-state index contributed by atoms with van der Waals surface area (Å²) in [6, 6.07) is 8.27. The zero-order chi connectivity index (χ0) is 27.2. The van der Waals surface area contributed by atoms with E-state index in [4.69, 9.17) is 20.9 Å². The molecule has 2 aliphatic rings. The lowest BCUT2D eigenvalue weighted by Crippen LogP contribution is -2.53. The highest BCUT2D eigenvalue weighted by Crippen LogP contribution is 2.32. The van der Waals surface area contributed by atoms with E-state index in [0.717, 1.165) is 49.4 Å². The number of hydrogen-bond acceptors (Lipinski definition) is 7. The number of methoxy groups -OCH3 is 1. The van der Waals surface area contributed by atoms with Crippen molar-refractivity contribution >= 4 is 5.69 Å². The summed E-state index contributed by atoms with van der Waals surface area (Å²) in [7, 11) is 5.72. The monoisotopic (exact) mass is 522 g/mol. The average Bonchev–Trinajstić information content (AvgIpc) is 3.31. The van der Waals surface area contributed by atoms with Crippen LogP contribution in [0.15, 0.2) is 36.2 Å². The van der Waals surface area contributed by atoms with Crippen LogP contribution in [0, 0.1) is 0 Å². The van der Waals surface area contributed by atoms with Gasteiger partial charge in [0.25, 0.3) is 0 Å². The fraction of sp³-hybridized carbons (Fsp3) is 0.714. The van der Waals surface area contributed by atoms with Gasteiger partial charge in [-0.1, -0.05) is 12.1 Å². The first-order chi connectivity index (χ1) is 17.6. The topological polar surface area (TPSA) is 97.2 Å². The summed E-state index contributed by atoms with van der Waals surface area (Å²) < 4.78 is 26.4. The second-order valence-corrected chi connectivity index (χ2v) is 11.1. The molecule has 0 aromatic heterocycles. The van der Waals surface area contributed by atoms with Gasteiger partial charge in [0.05, 0.1) is 25.4 Å². The van der Waals surface area contributed by atoms with Gasteiger partial charge in [-0.15, -0.1) is 0 Å². The summed E-state index contributed by atoms with van der Waals surface area (Å²) in [5, 5.41) is 9.96. The van der Waals surface area contributed by atoms with Crippen LogP contribution in [-0.2, 0) is 9.47 Å². The van der Waals surface area contributed by atoms with Crippen molar-refractivity contribution in [1.29, 1.82) is 0 Å². The summed E-state index contributed by atoms with van der Waals surface area (Å²) in [5.74, 6) is 0. The summed E-state index contributed by atoms with van der Waals surface area (Å²) in [5.41, 5.74) is 15.4. The molecule has 9 heteroatoms. The van der Waals surface area contributed by atoms with Crippen molar-refractivity contribution in [3.05, 3.63) is 41.7 Å². The predicted molar refractivity (Wildman–Crippen MR) is 147 cm³/mol. The maximum atomic E-state index is 14.7. The minimum absolute atomic E-state index is 0.0300. The molecular formula is C28H49FN5O3+. The molecule has 0 amide bonds. The standard InChI is InChI=1S/C28H49FN5O3/c1-6-34(4,19-23(31)11-13-32(3)25-15-20(2)37-27(35)16-25)26(17-29)28(36-5)21-7-9-24(10-8-21)33-14-12-22(30)18-33/h7-10,19-20,22,25-28,35H,6,11-18,30-31H2,1-5H3/q+1/b23-19-/t20-,22-,25+,26-,27-,28-,34?/m1/s1. The molecule has 37 heavy (non-hydrogen) atoms. The van der Waals surface area contributed by atoms with E-state index in [2.05, 4.69) is 35.9 Å². The average molecular weight is 523 g/mol. The van der Waals surface area contributed by atoms with Gasteiger partial charge in [0.1, 0.15) is 19.0 Å². The summed E-state index contributed by atoms with van der Waals surface area (Å²) in [4.78, 5) is 4.52. The third-order valence-electron chi connectivity index (χ3n) is 8.32. The molecule has 0 radical (unpaired) electrons. The van der Waals surface area contributed by atoms with E-state index in [-0.39, 0.29) is 18.2 Å². The zero-order valence-electron chi connectivity index (χ0n) is 23.4. The van der Waals surface area contributed by atoms with E-state index >= 15 is 0 Å². The van der Waals surface area contributed by atoms with E-state index in [0.29, 0.717) is 23.9 Å². The highest BCUT2D eigenvalue weighted by Gasteiger charge is 2.39. The molecule has 0 aliphatic carbocycles. The Kier molecular flexibility index (Phi) is 10.8. The number of aliphatic hydroxyl groups is 1. The van der Waals surface area contributed by atoms with E-state index in [9.17, 15) is 9.50 Å². The summed E-state index contributed by atoms with van der Waals surface area (Å²) >= 11 is 0. The largest absolute Gasteiger partial charge is 0.398 e. The van der Waals surface area contributed by atoms with Gasteiger partial charge in [0, 0.05) is 57.4 Å². The van der Waals surface area contributed by atoms with Crippen molar-refractivity contribution in [3.63, 3.8) is 0 Å². The van der Waals surface area contributed by atoms with Crippen LogP contribution in [0.2, 0.25) is 0 Å². The number of quaternary nitrogens is 1. The lowest BCUT2D eigenvalue weighted by Gasteiger charge is -2.40. The Morgan fingerprint density at radius 2 is 2.05 bits per heavy atom. The van der Waals surface area contributed by atoms with Crippen molar-refractivity contribution in [1.82, 2.24) is 4.90 Å². The SMILES string of the molecule is CC[N+](C)(/C=C(\N)CCN(C)[C@H]1C[C@@H](C)O[C@@H](O)C1)[C@H](CF)[C@H](OC)c1ccc(N2CC[C@@H](N)C2)cc1. The molecule has 2 fully saturated rings. The van der Waals surface area contributed by atoms with Crippen molar-refractivity contribution in [2.45, 2.75) is 76.2 Å². The third-order valence-corrected chi connectivity index (χ3v) is 8.32. The molecule has 0 spiro atoms. The molecule has 1 aromatic rings. The Hall–Kier alpha value is -1.75. The molecule has 2 aliphatic heterocycles. The minimum atomic E-state index is -0.720. The Bertz CT molecular complexity index is 862. The third kappa shape index (κ3) is 7.65. The number of ether oxygens (including phenoxy) is 2. The molecule has 0 bridgehead atoms. The zero-order valence-corrected chi connectivity index (χ0v) is 23.4. The molecule has 2 saturated heterocycles. The van der Waals surface area contributed by atoms with Crippen LogP contribution in [0.25, 0.3) is 0 Å². The van der Waals surface area contributed by atoms with Crippen molar-refractivity contribution in [2.24, 2.45) is 11.5 Å². The maximum Gasteiger partial charge on any atom is 0.156 e. The smallest absolute Gasteiger partial charge is 0.156 e. The van der Waals surface area contributed by atoms with E-state index in [1.807, 2.05) is 32.3 Å². The Labute approximate surface area is 222 Å². The lowest BCUT2D eigenvalue weighted by molar-refractivity contribution is -0.888. The van der Waals surface area contributed by atoms with Crippen LogP contribution < -0.4 is 16.4 Å².